The van der Waals surface area contributed by atoms with Gasteiger partial charge in [0.1, 0.15) is 5.82 Å². The maximum absolute atomic E-state index is 14.3. The number of nitrogens with zero attached hydrogens (tertiary/aromatic N) is 3. The highest BCUT2D eigenvalue weighted by Crippen LogP contribution is 2.39. The Hall–Kier alpha value is -2.67. The van der Waals surface area contributed by atoms with Gasteiger partial charge in [0.25, 0.3) is 0 Å². The Morgan fingerprint density at radius 3 is 2.76 bits per heavy atom. The number of fused-ring (bicyclic) bond motifs is 3. The number of rotatable bonds is 3. The van der Waals surface area contributed by atoms with Gasteiger partial charge in [0.2, 0.25) is 17.3 Å². The van der Waals surface area contributed by atoms with Gasteiger partial charge in [-0.2, -0.15) is 4.98 Å². The summed E-state index contributed by atoms with van der Waals surface area (Å²) in [5.74, 6) is 0.828. The fourth-order valence-corrected chi connectivity index (χ4v) is 3.17. The summed E-state index contributed by atoms with van der Waals surface area (Å²) < 4.78 is 20.3. The van der Waals surface area contributed by atoms with Crippen molar-refractivity contribution in [1.82, 2.24) is 15.2 Å². The van der Waals surface area contributed by atoms with Crippen LogP contribution in [0.25, 0.3) is 11.3 Å². The van der Waals surface area contributed by atoms with Gasteiger partial charge in [-0.15, -0.1) is 10.2 Å². The van der Waals surface area contributed by atoms with Crippen molar-refractivity contribution < 1.29 is 9.13 Å². The van der Waals surface area contributed by atoms with E-state index in [1.54, 1.807) is 18.2 Å². The third-order valence-corrected chi connectivity index (χ3v) is 4.51. The third kappa shape index (κ3) is 3.02. The number of benzene rings is 2. The molecule has 0 spiro atoms. The van der Waals surface area contributed by atoms with Gasteiger partial charge in [0.15, 0.2) is 5.69 Å². The van der Waals surface area contributed by atoms with Gasteiger partial charge >= 0.3 is 0 Å². The van der Waals surface area contributed by atoms with Gasteiger partial charge in [-0.3, -0.25) is 0 Å². The fourth-order valence-electron chi connectivity index (χ4n) is 2.67. The highest BCUT2D eigenvalue weighted by Gasteiger charge is 2.27. The lowest BCUT2D eigenvalue weighted by molar-refractivity contribution is 0.220. The van der Waals surface area contributed by atoms with Gasteiger partial charge in [-0.05, 0) is 17.9 Å². The highest BCUT2D eigenvalue weighted by molar-refractivity contribution is 7.99. The van der Waals surface area contributed by atoms with Crippen LogP contribution in [0.15, 0.2) is 53.7 Å². The Labute approximate surface area is 148 Å². The summed E-state index contributed by atoms with van der Waals surface area (Å²) in [5.41, 5.74) is 2.57. The van der Waals surface area contributed by atoms with Crippen LogP contribution in [0.2, 0.25) is 0 Å². The van der Waals surface area contributed by atoms with Crippen molar-refractivity contribution in [3.63, 3.8) is 0 Å². The molecule has 2 heterocycles. The minimum Gasteiger partial charge on any atom is -0.448 e. The molecule has 0 saturated carbocycles. The minimum absolute atomic E-state index is 0.342. The van der Waals surface area contributed by atoms with Crippen molar-refractivity contribution in [2.24, 2.45) is 0 Å². The maximum Gasteiger partial charge on any atom is 0.247 e. The Morgan fingerprint density at radius 2 is 1.92 bits per heavy atom. The SMILES string of the molecule is CCSc1nnc2c(n1)O[C@H](c1ccccc1F)Nc1ccccc1-2. The Morgan fingerprint density at radius 1 is 1.12 bits per heavy atom. The minimum atomic E-state index is -0.709. The predicted molar refractivity (Wildman–Crippen MR) is 95.1 cm³/mol. The third-order valence-electron chi connectivity index (χ3n) is 3.79. The number of hydrogen-bond acceptors (Lipinski definition) is 6. The molecule has 126 valence electrons. The monoisotopic (exact) mass is 354 g/mol. The quantitative estimate of drug-likeness (QED) is 0.708. The van der Waals surface area contributed by atoms with Gasteiger partial charge in [0, 0.05) is 16.8 Å². The van der Waals surface area contributed by atoms with E-state index in [1.165, 1.54) is 17.8 Å². The van der Waals surface area contributed by atoms with Gasteiger partial charge in [-0.1, -0.05) is 55.1 Å². The van der Waals surface area contributed by atoms with Crippen molar-refractivity contribution in [3.8, 4) is 17.1 Å². The molecule has 3 aromatic rings. The van der Waals surface area contributed by atoms with Crippen LogP contribution in [-0.2, 0) is 0 Å². The Bertz CT molecular complexity index is 921. The molecular weight excluding hydrogens is 339 g/mol. The van der Waals surface area contributed by atoms with Crippen LogP contribution in [-0.4, -0.2) is 20.9 Å². The van der Waals surface area contributed by atoms with Crippen molar-refractivity contribution in [2.45, 2.75) is 18.3 Å². The van der Waals surface area contributed by atoms with E-state index in [0.29, 0.717) is 22.3 Å². The molecule has 1 aromatic heterocycles. The molecule has 1 aliphatic rings. The summed E-state index contributed by atoms with van der Waals surface area (Å²) in [5, 5.41) is 12.2. The van der Waals surface area contributed by atoms with E-state index in [4.69, 9.17) is 4.74 Å². The van der Waals surface area contributed by atoms with E-state index in [-0.39, 0.29) is 5.82 Å². The molecule has 0 aliphatic carbocycles. The standard InChI is InChI=1S/C18H15FN4OS/c1-2-25-18-21-17-15(22-23-18)12-8-4-6-10-14(12)20-16(24-17)11-7-3-5-9-13(11)19/h3-10,16,20H,2H2,1H3/t16-/m1/s1. The van der Waals surface area contributed by atoms with Crippen LogP contribution in [0.5, 0.6) is 5.88 Å². The molecule has 0 fully saturated rings. The zero-order valence-corrected chi connectivity index (χ0v) is 14.3. The summed E-state index contributed by atoms with van der Waals surface area (Å²) in [4.78, 5) is 4.47. The summed E-state index contributed by atoms with van der Waals surface area (Å²) >= 11 is 1.48. The van der Waals surface area contributed by atoms with Crippen LogP contribution in [0.4, 0.5) is 10.1 Å². The van der Waals surface area contributed by atoms with Gasteiger partial charge in [0.05, 0.1) is 0 Å². The number of hydrogen-bond donors (Lipinski definition) is 1. The molecule has 7 heteroatoms. The number of aromatic nitrogens is 3. The van der Waals surface area contributed by atoms with Crippen molar-refractivity contribution in [3.05, 3.63) is 59.9 Å². The van der Waals surface area contributed by atoms with Crippen LogP contribution >= 0.6 is 11.8 Å². The average molecular weight is 354 g/mol. The molecule has 0 saturated heterocycles. The second kappa shape index (κ2) is 6.68. The predicted octanol–water partition coefficient (Wildman–Crippen LogP) is 4.29. The summed E-state index contributed by atoms with van der Waals surface area (Å²) in [6, 6.07) is 14.2. The molecule has 0 unspecified atom stereocenters. The Kier molecular flexibility index (Phi) is 4.23. The van der Waals surface area contributed by atoms with Crippen LogP contribution < -0.4 is 10.1 Å². The van der Waals surface area contributed by atoms with E-state index >= 15 is 0 Å². The van der Waals surface area contributed by atoms with E-state index in [2.05, 4.69) is 20.5 Å². The number of halogens is 1. The maximum atomic E-state index is 14.3. The van der Waals surface area contributed by atoms with Crippen molar-refractivity contribution in [1.29, 1.82) is 0 Å². The normalized spacial score (nSPS) is 15.4. The smallest absolute Gasteiger partial charge is 0.247 e. The number of anilines is 1. The van der Waals surface area contributed by atoms with E-state index in [0.717, 1.165) is 17.0 Å². The molecular formula is C18H15FN4OS. The van der Waals surface area contributed by atoms with E-state index in [1.807, 2.05) is 31.2 Å². The second-order valence-corrected chi connectivity index (χ2v) is 6.62. The number of nitrogens with one attached hydrogen (secondary N) is 1. The first-order valence-corrected chi connectivity index (χ1v) is 8.89. The molecule has 0 radical (unpaired) electrons. The average Bonchev–Trinajstić information content (AvgIpc) is 2.79. The highest BCUT2D eigenvalue weighted by atomic mass is 32.2. The lowest BCUT2D eigenvalue weighted by atomic mass is 10.1. The largest absolute Gasteiger partial charge is 0.448 e. The van der Waals surface area contributed by atoms with Crippen LogP contribution in [0.3, 0.4) is 0 Å². The summed E-state index contributed by atoms with van der Waals surface area (Å²) in [6.45, 7) is 2.01. The molecule has 2 aromatic carbocycles. The molecule has 4 rings (SSSR count). The molecule has 1 atom stereocenters. The summed E-state index contributed by atoms with van der Waals surface area (Å²) in [7, 11) is 0. The number of para-hydroxylation sites is 1. The first-order valence-electron chi connectivity index (χ1n) is 7.91. The number of thioether (sulfide) groups is 1. The summed E-state index contributed by atoms with van der Waals surface area (Å²) in [6.07, 6.45) is -0.709. The molecule has 0 amide bonds. The number of ether oxygens (including phenoxy) is 1. The molecule has 1 N–H and O–H groups in total. The van der Waals surface area contributed by atoms with E-state index < -0.39 is 6.23 Å². The first-order chi connectivity index (χ1) is 12.3. The Balaban J connectivity index is 1.85. The molecule has 0 bridgehead atoms. The zero-order valence-electron chi connectivity index (χ0n) is 13.4. The van der Waals surface area contributed by atoms with Crippen LogP contribution in [0, 0.1) is 5.82 Å². The van der Waals surface area contributed by atoms with Gasteiger partial charge in [-0.25, -0.2) is 4.39 Å². The molecule has 5 nitrogen and oxygen atoms in total. The zero-order chi connectivity index (χ0) is 17.2. The lowest BCUT2D eigenvalue weighted by Crippen LogP contribution is -2.18. The lowest BCUT2D eigenvalue weighted by Gasteiger charge is -2.19. The second-order valence-electron chi connectivity index (χ2n) is 5.39. The van der Waals surface area contributed by atoms with Crippen molar-refractivity contribution >= 4 is 17.4 Å². The molecule has 1 aliphatic heterocycles. The molecule has 25 heavy (non-hydrogen) atoms. The van der Waals surface area contributed by atoms with Gasteiger partial charge < -0.3 is 10.1 Å². The van der Waals surface area contributed by atoms with Crippen LogP contribution in [0.1, 0.15) is 18.7 Å². The van der Waals surface area contributed by atoms with Crippen molar-refractivity contribution in [2.75, 3.05) is 11.1 Å². The topological polar surface area (TPSA) is 59.9 Å². The van der Waals surface area contributed by atoms with E-state index in [9.17, 15) is 4.39 Å². The first kappa shape index (κ1) is 15.8. The fraction of sp³-hybridized carbons (Fsp3) is 0.167.